The van der Waals surface area contributed by atoms with E-state index in [1.165, 1.54) is 24.9 Å². The second-order valence-electron chi connectivity index (χ2n) is 3.19. The summed E-state index contributed by atoms with van der Waals surface area (Å²) in [6, 6.07) is 3.01. The molecule has 57 valence electrons. The Hall–Kier alpha value is 0.651. The molecule has 10 heavy (non-hydrogen) atoms. The molecule has 0 nitrogen and oxygen atoms in total. The summed E-state index contributed by atoms with van der Waals surface area (Å²) in [4.78, 5) is 0. The maximum Gasteiger partial charge on any atom is 0.0350 e. The van der Waals surface area contributed by atoms with Gasteiger partial charge in [-0.3, -0.25) is 0 Å². The first kappa shape index (κ1) is 10.7. The lowest BCUT2D eigenvalue weighted by Gasteiger charge is -2.24. The van der Waals surface area contributed by atoms with Crippen LogP contribution in [0.3, 0.4) is 0 Å². The lowest BCUT2D eigenvalue weighted by atomic mass is 10.6. The normalized spacial score (nSPS) is 12.0. The van der Waals surface area contributed by atoms with Crippen LogP contribution in [-0.2, 0) is 0 Å². The van der Waals surface area contributed by atoms with E-state index in [9.17, 15) is 0 Å². The standard InChI is InChI=1S/C7H17Si3/c1-4-6-10(3,9-8)7-5-2/h4-7H2,1-3H3. The van der Waals surface area contributed by atoms with Crippen molar-refractivity contribution in [3.8, 4) is 0 Å². The van der Waals surface area contributed by atoms with Crippen LogP contribution in [0.2, 0.25) is 18.6 Å². The molecule has 0 aromatic carbocycles. The van der Waals surface area contributed by atoms with Crippen LogP contribution in [0.4, 0.5) is 0 Å². The molecule has 3 heteroatoms. The van der Waals surface area contributed by atoms with Crippen molar-refractivity contribution in [1.29, 1.82) is 0 Å². The fourth-order valence-electron chi connectivity index (χ4n) is 1.35. The number of hydrogen-bond acceptors (Lipinski definition) is 0. The summed E-state index contributed by atoms with van der Waals surface area (Å²) in [7, 11) is 3.99. The monoisotopic (exact) mass is 185 g/mol. The molecule has 0 N–H and O–H groups in total. The maximum absolute atomic E-state index is 3.71. The molecule has 0 aliphatic rings. The molecule has 0 atom stereocenters. The first-order chi connectivity index (χ1) is 4.68. The van der Waals surface area contributed by atoms with Gasteiger partial charge in [0, 0.05) is 25.9 Å². The van der Waals surface area contributed by atoms with E-state index in [0.29, 0.717) is 0 Å². The second kappa shape index (κ2) is 5.32. The Morgan fingerprint density at radius 1 is 1.20 bits per heavy atom. The van der Waals surface area contributed by atoms with Crippen LogP contribution in [-0.4, -0.2) is 25.9 Å². The molecule has 0 heterocycles. The smallest absolute Gasteiger partial charge is 0.0350 e. The van der Waals surface area contributed by atoms with Gasteiger partial charge in [-0.05, 0) is 0 Å². The summed E-state index contributed by atoms with van der Waals surface area (Å²) >= 11 is 0. The molecule has 5 radical (unpaired) electrons. The van der Waals surface area contributed by atoms with Crippen LogP contribution in [0.1, 0.15) is 26.7 Å². The van der Waals surface area contributed by atoms with Crippen molar-refractivity contribution in [1.82, 2.24) is 0 Å². The zero-order chi connectivity index (χ0) is 8.04. The summed E-state index contributed by atoms with van der Waals surface area (Å²) in [5, 5.41) is 0. The van der Waals surface area contributed by atoms with Crippen LogP contribution in [0.15, 0.2) is 0 Å². The third-order valence-corrected chi connectivity index (χ3v) is 14.5. The van der Waals surface area contributed by atoms with E-state index in [2.05, 4.69) is 30.2 Å². The van der Waals surface area contributed by atoms with E-state index in [-0.39, 0.29) is 0 Å². The average Bonchev–Trinajstić information content (AvgIpc) is 1.89. The van der Waals surface area contributed by atoms with Crippen LogP contribution in [0.25, 0.3) is 0 Å². The summed E-state index contributed by atoms with van der Waals surface area (Å²) in [5.41, 5.74) is 0. The van der Waals surface area contributed by atoms with Crippen molar-refractivity contribution in [3.63, 3.8) is 0 Å². The summed E-state index contributed by atoms with van der Waals surface area (Å²) in [5.74, 6) is 0. The Balaban J connectivity index is 3.69. The third-order valence-electron chi connectivity index (χ3n) is 1.91. The Kier molecular flexibility index (Phi) is 5.67. The van der Waals surface area contributed by atoms with E-state index in [4.69, 9.17) is 0 Å². The molecule has 0 amide bonds. The van der Waals surface area contributed by atoms with Gasteiger partial charge in [0.2, 0.25) is 0 Å². The molecule has 0 bridgehead atoms. The number of hydrogen-bond donors (Lipinski definition) is 0. The van der Waals surface area contributed by atoms with Crippen molar-refractivity contribution in [2.75, 3.05) is 0 Å². The van der Waals surface area contributed by atoms with Gasteiger partial charge in [0.1, 0.15) is 0 Å². The van der Waals surface area contributed by atoms with E-state index >= 15 is 0 Å². The van der Waals surface area contributed by atoms with Gasteiger partial charge >= 0.3 is 0 Å². The Morgan fingerprint density at radius 2 is 1.60 bits per heavy atom. The second-order valence-corrected chi connectivity index (χ2v) is 14.2. The average molecular weight is 185 g/mol. The molecular formula is C7H17Si3. The highest BCUT2D eigenvalue weighted by Crippen LogP contribution is 2.16. The zero-order valence-electron chi connectivity index (χ0n) is 7.33. The Bertz CT molecular complexity index is 76.9. The molecule has 0 aliphatic heterocycles. The van der Waals surface area contributed by atoms with Crippen molar-refractivity contribution < 1.29 is 0 Å². The Morgan fingerprint density at radius 3 is 1.80 bits per heavy atom. The summed E-state index contributed by atoms with van der Waals surface area (Å²) in [6.45, 7) is 7.12. The molecule has 0 aromatic rings. The van der Waals surface area contributed by atoms with Crippen molar-refractivity contribution in [2.45, 2.75) is 45.3 Å². The summed E-state index contributed by atoms with van der Waals surface area (Å²) < 4.78 is 0. The van der Waals surface area contributed by atoms with Crippen molar-refractivity contribution in [3.05, 3.63) is 0 Å². The fourth-order valence-corrected chi connectivity index (χ4v) is 8.56. The zero-order valence-corrected chi connectivity index (χ0v) is 10.3. The lowest BCUT2D eigenvalue weighted by Crippen LogP contribution is -2.38. The van der Waals surface area contributed by atoms with E-state index < -0.39 is 7.59 Å². The topological polar surface area (TPSA) is 0 Å². The molecule has 0 unspecified atom stereocenters. The molecule has 0 aromatic heterocycles. The first-order valence-corrected chi connectivity index (χ1v) is 10.5. The van der Waals surface area contributed by atoms with Gasteiger partial charge in [-0.1, -0.05) is 45.3 Å². The first-order valence-electron chi connectivity index (χ1n) is 4.12. The van der Waals surface area contributed by atoms with Gasteiger partial charge in [-0.15, -0.1) is 0 Å². The van der Waals surface area contributed by atoms with Crippen molar-refractivity contribution >= 4 is 25.9 Å². The quantitative estimate of drug-likeness (QED) is 0.576. The van der Waals surface area contributed by atoms with Gasteiger partial charge in [0.15, 0.2) is 0 Å². The highest BCUT2D eigenvalue weighted by molar-refractivity contribution is 7.39. The maximum atomic E-state index is 3.71. The fraction of sp³-hybridized carbons (Fsp3) is 1.00. The molecule has 0 spiro atoms. The van der Waals surface area contributed by atoms with Crippen molar-refractivity contribution in [2.24, 2.45) is 0 Å². The molecule has 0 saturated carbocycles. The molecule has 0 rings (SSSR count). The van der Waals surface area contributed by atoms with Gasteiger partial charge in [0.25, 0.3) is 0 Å². The van der Waals surface area contributed by atoms with E-state index in [1.54, 1.807) is 0 Å². The molecule has 0 fully saturated rings. The largest absolute Gasteiger partial charge is 0.0717 e. The minimum absolute atomic E-state index is 0.782. The molecule has 0 saturated heterocycles. The Labute approximate surface area is 71.6 Å². The van der Waals surface area contributed by atoms with Crippen LogP contribution in [0, 0.1) is 0 Å². The predicted molar refractivity (Wildman–Crippen MR) is 53.3 cm³/mol. The predicted octanol–water partition coefficient (Wildman–Crippen LogP) is 2.17. The van der Waals surface area contributed by atoms with Crippen LogP contribution in [0.5, 0.6) is 0 Å². The van der Waals surface area contributed by atoms with Crippen LogP contribution >= 0.6 is 0 Å². The molecular weight excluding hydrogens is 168 g/mol. The minimum Gasteiger partial charge on any atom is -0.0717 e. The SMILES string of the molecule is CCC[Si](C)(CCC)[Si][Si]. The summed E-state index contributed by atoms with van der Waals surface area (Å²) in [6.07, 6.45) is 2.75. The van der Waals surface area contributed by atoms with E-state index in [0.717, 1.165) is 8.55 Å². The highest BCUT2D eigenvalue weighted by Gasteiger charge is 2.21. The third kappa shape index (κ3) is 3.73. The minimum atomic E-state index is -0.782. The van der Waals surface area contributed by atoms with Gasteiger partial charge in [-0.2, -0.15) is 0 Å². The van der Waals surface area contributed by atoms with Gasteiger partial charge in [-0.25, -0.2) is 0 Å². The van der Waals surface area contributed by atoms with E-state index in [1.807, 2.05) is 0 Å². The highest BCUT2D eigenvalue weighted by atomic mass is 29.5. The van der Waals surface area contributed by atoms with Gasteiger partial charge < -0.3 is 0 Å². The lowest BCUT2D eigenvalue weighted by molar-refractivity contribution is 0.998. The van der Waals surface area contributed by atoms with Crippen LogP contribution < -0.4 is 0 Å². The van der Waals surface area contributed by atoms with Gasteiger partial charge in [0.05, 0.1) is 0 Å². The molecule has 0 aliphatic carbocycles. The number of rotatable bonds is 5.